The van der Waals surface area contributed by atoms with Crippen LogP contribution in [0.2, 0.25) is 15.1 Å². The fourth-order valence-corrected chi connectivity index (χ4v) is 4.66. The third-order valence-electron chi connectivity index (χ3n) is 4.26. The van der Waals surface area contributed by atoms with Crippen molar-refractivity contribution < 1.29 is 0 Å². The smallest absolute Gasteiger partial charge is 0.260 e. The van der Waals surface area contributed by atoms with Crippen LogP contribution in [0, 0.1) is 6.92 Å². The Morgan fingerprint density at radius 2 is 1.89 bits per heavy atom. The summed E-state index contributed by atoms with van der Waals surface area (Å²) in [7, 11) is 0. The van der Waals surface area contributed by atoms with E-state index in [1.807, 2.05) is 37.3 Å². The summed E-state index contributed by atoms with van der Waals surface area (Å²) in [4.78, 5) is 22.1. The molecule has 4 rings (SSSR count). The van der Waals surface area contributed by atoms with Gasteiger partial charge in [0.05, 0.1) is 15.4 Å². The predicted molar refractivity (Wildman–Crippen MR) is 115 cm³/mol. The summed E-state index contributed by atoms with van der Waals surface area (Å²) < 4.78 is 0. The average Bonchev–Trinajstić information content (AvgIpc) is 2.94. The molecule has 0 radical (unpaired) electrons. The fraction of sp³-hybridized carbons (Fsp3) is 0.100. The van der Waals surface area contributed by atoms with Crippen molar-refractivity contribution in [3.05, 3.63) is 84.2 Å². The van der Waals surface area contributed by atoms with Gasteiger partial charge in [-0.3, -0.25) is 4.79 Å². The molecule has 0 fully saturated rings. The summed E-state index contributed by atoms with van der Waals surface area (Å²) in [6, 6.07) is 12.9. The number of benzene rings is 2. The van der Waals surface area contributed by atoms with Crippen molar-refractivity contribution in [3.8, 4) is 11.1 Å². The van der Waals surface area contributed by atoms with Gasteiger partial charge in [0.1, 0.15) is 10.7 Å². The third-order valence-corrected chi connectivity index (χ3v) is 6.23. The molecule has 2 heterocycles. The molecule has 0 atom stereocenters. The van der Waals surface area contributed by atoms with Gasteiger partial charge in [-0.1, -0.05) is 53.0 Å². The minimum atomic E-state index is -0.164. The molecular formula is C20H13Cl3N2OS. The molecule has 4 aromatic rings. The second-order valence-corrected chi connectivity index (χ2v) is 8.62. The molecule has 2 aromatic heterocycles. The molecule has 0 saturated heterocycles. The lowest BCUT2D eigenvalue weighted by Crippen LogP contribution is -2.11. The molecule has 2 aromatic carbocycles. The number of halogens is 3. The van der Waals surface area contributed by atoms with Gasteiger partial charge in [-0.05, 0) is 42.3 Å². The van der Waals surface area contributed by atoms with Crippen LogP contribution in [0.1, 0.15) is 16.3 Å². The Morgan fingerprint density at radius 3 is 2.63 bits per heavy atom. The summed E-state index contributed by atoms with van der Waals surface area (Å²) >= 11 is 19.7. The highest BCUT2D eigenvalue weighted by Crippen LogP contribution is 2.37. The minimum Gasteiger partial charge on any atom is -0.310 e. The molecule has 0 amide bonds. The molecule has 7 heteroatoms. The first-order valence-electron chi connectivity index (χ1n) is 8.14. The standard InChI is InChI=1S/C20H13Cl3N2OS/c1-10-17(12-5-6-14(22)15(23)9-12)18-19(26)24-16(25-20(18)27-10)8-11-3-2-4-13(21)7-11/h2-7,9H,8H2,1H3,(H,24,25,26). The molecule has 0 bridgehead atoms. The molecule has 0 aliphatic carbocycles. The van der Waals surface area contributed by atoms with Crippen molar-refractivity contribution >= 4 is 56.4 Å². The molecule has 27 heavy (non-hydrogen) atoms. The van der Waals surface area contributed by atoms with E-state index in [9.17, 15) is 4.79 Å². The van der Waals surface area contributed by atoms with Crippen molar-refractivity contribution in [2.75, 3.05) is 0 Å². The Balaban J connectivity index is 1.83. The van der Waals surface area contributed by atoms with Crippen LogP contribution in [0.15, 0.2) is 47.3 Å². The van der Waals surface area contributed by atoms with Gasteiger partial charge in [0.25, 0.3) is 5.56 Å². The number of rotatable bonds is 3. The Bertz CT molecular complexity index is 1230. The Hall–Kier alpha value is -1.85. The highest BCUT2D eigenvalue weighted by Gasteiger charge is 2.17. The van der Waals surface area contributed by atoms with Crippen molar-refractivity contribution in [1.29, 1.82) is 0 Å². The molecule has 0 unspecified atom stereocenters. The van der Waals surface area contributed by atoms with Crippen LogP contribution in [-0.2, 0) is 6.42 Å². The SMILES string of the molecule is Cc1sc2nc(Cc3cccc(Cl)c3)[nH]c(=O)c2c1-c1ccc(Cl)c(Cl)c1. The maximum absolute atomic E-state index is 12.8. The van der Waals surface area contributed by atoms with Crippen LogP contribution in [0.4, 0.5) is 0 Å². The van der Waals surface area contributed by atoms with E-state index >= 15 is 0 Å². The molecule has 0 spiro atoms. The molecule has 1 N–H and O–H groups in total. The number of aromatic amines is 1. The summed E-state index contributed by atoms with van der Waals surface area (Å²) in [6.45, 7) is 1.97. The maximum atomic E-state index is 12.8. The van der Waals surface area contributed by atoms with Crippen LogP contribution in [0.25, 0.3) is 21.3 Å². The summed E-state index contributed by atoms with van der Waals surface area (Å²) in [5, 5.41) is 2.17. The van der Waals surface area contributed by atoms with Gasteiger partial charge in [-0.15, -0.1) is 11.3 Å². The van der Waals surface area contributed by atoms with Gasteiger partial charge in [0, 0.05) is 21.9 Å². The van der Waals surface area contributed by atoms with Crippen LogP contribution in [-0.4, -0.2) is 9.97 Å². The van der Waals surface area contributed by atoms with E-state index in [1.54, 1.807) is 12.1 Å². The maximum Gasteiger partial charge on any atom is 0.260 e. The number of nitrogens with zero attached hydrogens (tertiary/aromatic N) is 1. The first-order valence-corrected chi connectivity index (χ1v) is 10.1. The van der Waals surface area contributed by atoms with Gasteiger partial charge >= 0.3 is 0 Å². The lowest BCUT2D eigenvalue weighted by atomic mass is 10.0. The lowest BCUT2D eigenvalue weighted by Gasteiger charge is -2.05. The van der Waals surface area contributed by atoms with E-state index in [0.717, 1.165) is 21.6 Å². The molecule has 136 valence electrons. The number of aromatic nitrogens is 2. The van der Waals surface area contributed by atoms with Crippen LogP contribution < -0.4 is 5.56 Å². The number of hydrogen-bond acceptors (Lipinski definition) is 3. The van der Waals surface area contributed by atoms with Crippen LogP contribution in [0.3, 0.4) is 0 Å². The zero-order valence-corrected chi connectivity index (χ0v) is 17.2. The summed E-state index contributed by atoms with van der Waals surface area (Å²) in [5.41, 5.74) is 2.52. The second kappa shape index (κ2) is 7.28. The first-order chi connectivity index (χ1) is 12.9. The number of thiophene rings is 1. The zero-order valence-electron chi connectivity index (χ0n) is 14.1. The number of nitrogens with one attached hydrogen (secondary N) is 1. The molecule has 0 saturated carbocycles. The minimum absolute atomic E-state index is 0.164. The monoisotopic (exact) mass is 434 g/mol. The van der Waals surface area contributed by atoms with Crippen LogP contribution >= 0.6 is 46.1 Å². The van der Waals surface area contributed by atoms with E-state index in [4.69, 9.17) is 34.8 Å². The molecule has 0 aliphatic rings. The van der Waals surface area contributed by atoms with Gasteiger partial charge in [-0.25, -0.2) is 4.98 Å². The van der Waals surface area contributed by atoms with Gasteiger partial charge in [0.15, 0.2) is 0 Å². The second-order valence-electron chi connectivity index (χ2n) is 6.16. The fourth-order valence-electron chi connectivity index (χ4n) is 3.09. The summed E-state index contributed by atoms with van der Waals surface area (Å²) in [6.07, 6.45) is 0.505. The van der Waals surface area contributed by atoms with E-state index in [2.05, 4.69) is 9.97 Å². The number of fused-ring (bicyclic) bond motifs is 1. The summed E-state index contributed by atoms with van der Waals surface area (Å²) in [5.74, 6) is 0.608. The molecular weight excluding hydrogens is 423 g/mol. The van der Waals surface area contributed by atoms with Crippen molar-refractivity contribution in [2.45, 2.75) is 13.3 Å². The Kier molecular flexibility index (Phi) is 4.99. The van der Waals surface area contributed by atoms with Gasteiger partial charge in [0.2, 0.25) is 0 Å². The number of aryl methyl sites for hydroxylation is 1. The van der Waals surface area contributed by atoms with E-state index in [0.29, 0.717) is 37.5 Å². The van der Waals surface area contributed by atoms with E-state index in [-0.39, 0.29) is 5.56 Å². The van der Waals surface area contributed by atoms with Gasteiger partial charge in [-0.2, -0.15) is 0 Å². The Labute approximate surface area is 174 Å². The van der Waals surface area contributed by atoms with Crippen molar-refractivity contribution in [3.63, 3.8) is 0 Å². The number of hydrogen-bond donors (Lipinski definition) is 1. The topological polar surface area (TPSA) is 45.8 Å². The number of H-pyrrole nitrogens is 1. The van der Waals surface area contributed by atoms with E-state index < -0.39 is 0 Å². The lowest BCUT2D eigenvalue weighted by molar-refractivity contribution is 0.977. The largest absolute Gasteiger partial charge is 0.310 e. The van der Waals surface area contributed by atoms with E-state index in [1.165, 1.54) is 11.3 Å². The highest BCUT2D eigenvalue weighted by molar-refractivity contribution is 7.19. The third kappa shape index (κ3) is 3.63. The van der Waals surface area contributed by atoms with Crippen molar-refractivity contribution in [2.24, 2.45) is 0 Å². The predicted octanol–water partition coefficient (Wildman–Crippen LogP) is 6.51. The normalized spacial score (nSPS) is 11.3. The highest BCUT2D eigenvalue weighted by atomic mass is 35.5. The average molecular weight is 436 g/mol. The molecule has 0 aliphatic heterocycles. The Morgan fingerprint density at radius 1 is 1.07 bits per heavy atom. The van der Waals surface area contributed by atoms with Crippen LogP contribution in [0.5, 0.6) is 0 Å². The quantitative estimate of drug-likeness (QED) is 0.398. The first kappa shape index (κ1) is 18.5. The zero-order chi connectivity index (χ0) is 19.1. The van der Waals surface area contributed by atoms with Crippen molar-refractivity contribution in [1.82, 2.24) is 9.97 Å². The van der Waals surface area contributed by atoms with Gasteiger partial charge < -0.3 is 4.98 Å². The molecule has 3 nitrogen and oxygen atoms in total.